The molecule has 1 fully saturated rings. The van der Waals surface area contributed by atoms with Crippen molar-refractivity contribution < 1.29 is 8.42 Å². The molecule has 1 heterocycles. The highest BCUT2D eigenvalue weighted by Gasteiger charge is 2.26. The maximum Gasteiger partial charge on any atom is 0.209 e. The second kappa shape index (κ2) is 5.25. The van der Waals surface area contributed by atoms with Crippen LogP contribution in [0.2, 0.25) is 10.0 Å². The Balaban J connectivity index is 2.09. The van der Waals surface area contributed by atoms with E-state index in [0.29, 0.717) is 16.6 Å². The molecule has 100 valence electrons. The Morgan fingerprint density at radius 2 is 2.11 bits per heavy atom. The fourth-order valence-electron chi connectivity index (χ4n) is 2.12. The summed E-state index contributed by atoms with van der Waals surface area (Å²) in [5.41, 5.74) is 0.888. The van der Waals surface area contributed by atoms with E-state index in [2.05, 4.69) is 9.62 Å². The lowest BCUT2D eigenvalue weighted by Gasteiger charge is -2.20. The van der Waals surface area contributed by atoms with Crippen molar-refractivity contribution in [2.24, 2.45) is 0 Å². The molecular weight excluding hydrogens is 295 g/mol. The highest BCUT2D eigenvalue weighted by Crippen LogP contribution is 2.31. The van der Waals surface area contributed by atoms with Gasteiger partial charge in [-0.2, -0.15) is 0 Å². The average molecular weight is 309 g/mol. The zero-order valence-corrected chi connectivity index (χ0v) is 12.2. The van der Waals surface area contributed by atoms with E-state index in [1.54, 1.807) is 12.1 Å². The molecular formula is C11H14Cl2N2O2S. The number of hydrogen-bond donors (Lipinski definition) is 1. The number of nitrogens with one attached hydrogen (secondary N) is 1. The zero-order chi connectivity index (χ0) is 13.3. The lowest BCUT2D eigenvalue weighted by atomic mass is 10.3. The van der Waals surface area contributed by atoms with E-state index in [1.807, 2.05) is 6.07 Å². The predicted octanol–water partition coefficient (Wildman–Crippen LogP) is 2.12. The summed E-state index contributed by atoms with van der Waals surface area (Å²) >= 11 is 12.0. The summed E-state index contributed by atoms with van der Waals surface area (Å²) in [6, 6.07) is 5.26. The van der Waals surface area contributed by atoms with Gasteiger partial charge in [-0.3, -0.25) is 0 Å². The van der Waals surface area contributed by atoms with E-state index < -0.39 is 10.0 Å². The van der Waals surface area contributed by atoms with E-state index >= 15 is 0 Å². The minimum Gasteiger partial charge on any atom is -0.369 e. The molecule has 0 spiro atoms. The van der Waals surface area contributed by atoms with Crippen LogP contribution in [-0.2, 0) is 10.0 Å². The first-order valence-corrected chi connectivity index (χ1v) is 8.17. The fraction of sp³-hybridized carbons (Fsp3) is 0.455. The van der Waals surface area contributed by atoms with Crippen LogP contribution < -0.4 is 9.62 Å². The Bertz CT molecular complexity index is 548. The molecule has 1 aromatic carbocycles. The van der Waals surface area contributed by atoms with Gasteiger partial charge in [-0.25, -0.2) is 13.1 Å². The summed E-state index contributed by atoms with van der Waals surface area (Å²) in [6.45, 7) is 1.39. The van der Waals surface area contributed by atoms with E-state index in [9.17, 15) is 8.42 Å². The van der Waals surface area contributed by atoms with Gasteiger partial charge in [-0.1, -0.05) is 23.2 Å². The van der Waals surface area contributed by atoms with Crippen LogP contribution in [0, 0.1) is 0 Å². The van der Waals surface area contributed by atoms with Crippen LogP contribution in [0.3, 0.4) is 0 Å². The van der Waals surface area contributed by atoms with Crippen molar-refractivity contribution in [1.82, 2.24) is 4.72 Å². The van der Waals surface area contributed by atoms with Gasteiger partial charge in [0.25, 0.3) is 0 Å². The van der Waals surface area contributed by atoms with Crippen molar-refractivity contribution in [1.29, 1.82) is 0 Å². The molecule has 2 rings (SSSR count). The maximum absolute atomic E-state index is 11.2. The number of halogens is 2. The third kappa shape index (κ3) is 3.51. The van der Waals surface area contributed by atoms with E-state index in [0.717, 1.165) is 18.7 Å². The van der Waals surface area contributed by atoms with Gasteiger partial charge in [-0.05, 0) is 24.6 Å². The third-order valence-electron chi connectivity index (χ3n) is 2.82. The van der Waals surface area contributed by atoms with Crippen LogP contribution in [0.4, 0.5) is 5.69 Å². The normalized spacial score (nSPS) is 20.4. The van der Waals surface area contributed by atoms with Crippen LogP contribution in [0.25, 0.3) is 0 Å². The van der Waals surface area contributed by atoms with Gasteiger partial charge in [0.2, 0.25) is 10.0 Å². The highest BCUT2D eigenvalue weighted by molar-refractivity contribution is 7.88. The monoisotopic (exact) mass is 308 g/mol. The molecule has 0 aromatic heterocycles. The molecule has 1 aliphatic heterocycles. The Morgan fingerprint density at radius 3 is 2.72 bits per heavy atom. The van der Waals surface area contributed by atoms with E-state index in [4.69, 9.17) is 23.2 Å². The number of anilines is 1. The smallest absolute Gasteiger partial charge is 0.209 e. The van der Waals surface area contributed by atoms with Crippen molar-refractivity contribution in [3.05, 3.63) is 28.2 Å². The number of hydrogen-bond acceptors (Lipinski definition) is 3. The standard InChI is InChI=1S/C11H14Cl2N2O2S/c1-18(16,17)14-9-4-5-15(7-9)11-3-2-8(12)6-10(11)13/h2-3,6,9,14H,4-5,7H2,1H3/t9-/m0/s1. The average Bonchev–Trinajstić information content (AvgIpc) is 2.63. The van der Waals surface area contributed by atoms with Gasteiger partial charge >= 0.3 is 0 Å². The Labute approximate surface area is 117 Å². The molecule has 0 radical (unpaired) electrons. The van der Waals surface area contributed by atoms with Gasteiger partial charge in [-0.15, -0.1) is 0 Å². The summed E-state index contributed by atoms with van der Waals surface area (Å²) < 4.78 is 24.9. The molecule has 0 unspecified atom stereocenters. The summed E-state index contributed by atoms with van der Waals surface area (Å²) in [7, 11) is -3.16. The first-order valence-electron chi connectivity index (χ1n) is 5.52. The molecule has 1 aliphatic rings. The number of rotatable bonds is 3. The van der Waals surface area contributed by atoms with Gasteiger partial charge in [0.1, 0.15) is 0 Å². The van der Waals surface area contributed by atoms with Crippen molar-refractivity contribution in [2.75, 3.05) is 24.2 Å². The third-order valence-corrected chi connectivity index (χ3v) is 4.12. The Hall–Kier alpha value is -0.490. The molecule has 1 saturated heterocycles. The molecule has 0 bridgehead atoms. The molecule has 0 aliphatic carbocycles. The predicted molar refractivity (Wildman–Crippen MR) is 75.1 cm³/mol. The van der Waals surface area contributed by atoms with Crippen LogP contribution in [0.1, 0.15) is 6.42 Å². The molecule has 7 heteroatoms. The topological polar surface area (TPSA) is 49.4 Å². The first-order chi connectivity index (χ1) is 8.35. The second-order valence-corrected chi connectivity index (χ2v) is 7.04. The molecule has 0 saturated carbocycles. The van der Waals surface area contributed by atoms with E-state index in [-0.39, 0.29) is 6.04 Å². The van der Waals surface area contributed by atoms with E-state index in [1.165, 1.54) is 6.26 Å². The Morgan fingerprint density at radius 1 is 1.39 bits per heavy atom. The highest BCUT2D eigenvalue weighted by atomic mass is 35.5. The van der Waals surface area contributed by atoms with Crippen molar-refractivity contribution >= 4 is 38.9 Å². The quantitative estimate of drug-likeness (QED) is 0.930. The van der Waals surface area contributed by atoms with Crippen molar-refractivity contribution in [2.45, 2.75) is 12.5 Å². The summed E-state index contributed by atoms with van der Waals surface area (Å²) in [5.74, 6) is 0. The summed E-state index contributed by atoms with van der Waals surface area (Å²) in [4.78, 5) is 2.06. The maximum atomic E-state index is 11.2. The first kappa shape index (κ1) is 13.9. The molecule has 1 aromatic rings. The molecule has 1 N–H and O–H groups in total. The summed E-state index contributed by atoms with van der Waals surface area (Å²) in [6.07, 6.45) is 1.94. The molecule has 4 nitrogen and oxygen atoms in total. The van der Waals surface area contributed by atoms with Crippen molar-refractivity contribution in [3.8, 4) is 0 Å². The number of sulfonamides is 1. The summed E-state index contributed by atoms with van der Waals surface area (Å²) in [5, 5.41) is 1.18. The lowest BCUT2D eigenvalue weighted by Crippen LogP contribution is -2.36. The largest absolute Gasteiger partial charge is 0.369 e. The minimum atomic E-state index is -3.16. The van der Waals surface area contributed by atoms with Crippen LogP contribution in [0.15, 0.2) is 18.2 Å². The molecule has 0 amide bonds. The minimum absolute atomic E-state index is 0.0632. The molecule has 1 atom stereocenters. The number of benzene rings is 1. The number of nitrogens with zero attached hydrogens (tertiary/aromatic N) is 1. The van der Waals surface area contributed by atoms with Crippen LogP contribution >= 0.6 is 23.2 Å². The van der Waals surface area contributed by atoms with Crippen molar-refractivity contribution in [3.63, 3.8) is 0 Å². The van der Waals surface area contributed by atoms with Crippen LogP contribution in [-0.4, -0.2) is 33.8 Å². The van der Waals surface area contributed by atoms with Gasteiger partial charge in [0.15, 0.2) is 0 Å². The van der Waals surface area contributed by atoms with Gasteiger partial charge in [0.05, 0.1) is 17.0 Å². The van der Waals surface area contributed by atoms with Crippen LogP contribution in [0.5, 0.6) is 0 Å². The zero-order valence-electron chi connectivity index (χ0n) is 9.86. The second-order valence-electron chi connectivity index (χ2n) is 4.42. The lowest BCUT2D eigenvalue weighted by molar-refractivity contribution is 0.567. The SMILES string of the molecule is CS(=O)(=O)N[C@H]1CCN(c2ccc(Cl)cc2Cl)C1. The van der Waals surface area contributed by atoms with Gasteiger partial charge < -0.3 is 4.90 Å². The fourth-order valence-corrected chi connectivity index (χ4v) is 3.44. The molecule has 18 heavy (non-hydrogen) atoms. The van der Waals surface area contributed by atoms with Gasteiger partial charge in [0, 0.05) is 24.2 Å². The Kier molecular flexibility index (Phi) is 4.06.